The van der Waals surface area contributed by atoms with Crippen LogP contribution in [-0.2, 0) is 15.8 Å². The SMILES string of the molecule is Cc1csc(N2CCN(S(=O)(=O)Cc3ccccc3)CC2)n1. The molecule has 0 aliphatic carbocycles. The van der Waals surface area contributed by atoms with Crippen LogP contribution >= 0.6 is 11.3 Å². The summed E-state index contributed by atoms with van der Waals surface area (Å²) in [5, 5.41) is 3.01. The van der Waals surface area contributed by atoms with Gasteiger partial charge >= 0.3 is 0 Å². The van der Waals surface area contributed by atoms with E-state index in [0.717, 1.165) is 16.4 Å². The first kappa shape index (κ1) is 15.5. The quantitative estimate of drug-likeness (QED) is 0.857. The maximum absolute atomic E-state index is 12.5. The van der Waals surface area contributed by atoms with E-state index in [1.807, 2.05) is 42.6 Å². The van der Waals surface area contributed by atoms with Crippen molar-refractivity contribution in [2.45, 2.75) is 12.7 Å². The molecule has 22 heavy (non-hydrogen) atoms. The third-order valence-electron chi connectivity index (χ3n) is 3.70. The van der Waals surface area contributed by atoms with Gasteiger partial charge in [0.2, 0.25) is 10.0 Å². The van der Waals surface area contributed by atoms with Crippen LogP contribution in [0.3, 0.4) is 0 Å². The molecule has 1 aromatic carbocycles. The van der Waals surface area contributed by atoms with E-state index in [-0.39, 0.29) is 5.75 Å². The van der Waals surface area contributed by atoms with Gasteiger partial charge in [-0.2, -0.15) is 4.31 Å². The average molecular weight is 337 g/mol. The Morgan fingerprint density at radius 1 is 1.14 bits per heavy atom. The van der Waals surface area contributed by atoms with Crippen molar-refractivity contribution in [2.24, 2.45) is 0 Å². The second kappa shape index (κ2) is 6.36. The number of anilines is 1. The van der Waals surface area contributed by atoms with Crippen LogP contribution in [0.4, 0.5) is 5.13 Å². The Bertz CT molecular complexity index is 720. The molecule has 1 aromatic heterocycles. The lowest BCUT2D eigenvalue weighted by molar-refractivity contribution is 0.384. The molecule has 1 aliphatic rings. The van der Waals surface area contributed by atoms with Gasteiger partial charge in [-0.1, -0.05) is 30.3 Å². The van der Waals surface area contributed by atoms with Crippen molar-refractivity contribution < 1.29 is 8.42 Å². The fourth-order valence-electron chi connectivity index (χ4n) is 2.52. The molecule has 1 saturated heterocycles. The van der Waals surface area contributed by atoms with Gasteiger partial charge in [0.25, 0.3) is 0 Å². The second-order valence-electron chi connectivity index (χ2n) is 5.40. The smallest absolute Gasteiger partial charge is 0.218 e. The van der Waals surface area contributed by atoms with Gasteiger partial charge in [0, 0.05) is 31.6 Å². The van der Waals surface area contributed by atoms with Crippen molar-refractivity contribution in [1.29, 1.82) is 0 Å². The van der Waals surface area contributed by atoms with Crippen LogP contribution in [0.15, 0.2) is 35.7 Å². The molecule has 2 aromatic rings. The topological polar surface area (TPSA) is 53.5 Å². The van der Waals surface area contributed by atoms with Gasteiger partial charge in [0.1, 0.15) is 0 Å². The van der Waals surface area contributed by atoms with Crippen molar-refractivity contribution in [3.8, 4) is 0 Å². The number of aromatic nitrogens is 1. The summed E-state index contributed by atoms with van der Waals surface area (Å²) in [6.45, 7) is 4.41. The maximum Gasteiger partial charge on any atom is 0.218 e. The first-order valence-corrected chi connectivity index (χ1v) is 9.72. The highest BCUT2D eigenvalue weighted by atomic mass is 32.2. The number of sulfonamides is 1. The van der Waals surface area contributed by atoms with Crippen molar-refractivity contribution >= 4 is 26.5 Å². The molecule has 0 radical (unpaired) electrons. The minimum Gasteiger partial charge on any atom is -0.345 e. The van der Waals surface area contributed by atoms with Crippen molar-refractivity contribution in [3.63, 3.8) is 0 Å². The number of thiazole rings is 1. The number of hydrogen-bond donors (Lipinski definition) is 0. The highest BCUT2D eigenvalue weighted by Gasteiger charge is 2.27. The van der Waals surface area contributed by atoms with E-state index in [1.54, 1.807) is 15.6 Å². The average Bonchev–Trinajstić information content (AvgIpc) is 2.95. The normalized spacial score (nSPS) is 16.9. The van der Waals surface area contributed by atoms with E-state index in [9.17, 15) is 8.42 Å². The molecule has 118 valence electrons. The number of hydrogen-bond acceptors (Lipinski definition) is 5. The summed E-state index contributed by atoms with van der Waals surface area (Å²) in [6.07, 6.45) is 0. The first-order valence-electron chi connectivity index (χ1n) is 7.23. The molecule has 2 heterocycles. The molecule has 1 fully saturated rings. The summed E-state index contributed by atoms with van der Waals surface area (Å²) in [5.41, 5.74) is 1.85. The number of nitrogens with zero attached hydrogens (tertiary/aromatic N) is 3. The zero-order valence-corrected chi connectivity index (χ0v) is 14.1. The Balaban J connectivity index is 1.63. The van der Waals surface area contributed by atoms with Crippen LogP contribution in [0.5, 0.6) is 0 Å². The molecule has 0 N–H and O–H groups in total. The van der Waals surface area contributed by atoms with Crippen LogP contribution in [0, 0.1) is 6.92 Å². The molecule has 7 heteroatoms. The lowest BCUT2D eigenvalue weighted by Crippen LogP contribution is -2.49. The largest absolute Gasteiger partial charge is 0.345 e. The molecule has 0 spiro atoms. The molecule has 1 aliphatic heterocycles. The van der Waals surface area contributed by atoms with E-state index < -0.39 is 10.0 Å². The molecule has 0 amide bonds. The number of aryl methyl sites for hydroxylation is 1. The number of rotatable bonds is 4. The van der Waals surface area contributed by atoms with Gasteiger partial charge in [-0.25, -0.2) is 13.4 Å². The molecule has 0 unspecified atom stereocenters. The van der Waals surface area contributed by atoms with E-state index in [0.29, 0.717) is 26.2 Å². The fourth-order valence-corrected chi connectivity index (χ4v) is 4.89. The molecular weight excluding hydrogens is 318 g/mol. The van der Waals surface area contributed by atoms with Crippen molar-refractivity contribution in [3.05, 3.63) is 47.0 Å². The van der Waals surface area contributed by atoms with Gasteiger partial charge in [-0.15, -0.1) is 11.3 Å². The predicted molar refractivity (Wildman–Crippen MR) is 89.7 cm³/mol. The number of benzene rings is 1. The standard InChI is InChI=1S/C15H19N3O2S2/c1-13-11-21-15(16-13)17-7-9-18(10-8-17)22(19,20)12-14-5-3-2-4-6-14/h2-6,11H,7-10,12H2,1H3. The lowest BCUT2D eigenvalue weighted by atomic mass is 10.2. The van der Waals surface area contributed by atoms with Crippen LogP contribution in [0.2, 0.25) is 0 Å². The van der Waals surface area contributed by atoms with Gasteiger partial charge < -0.3 is 4.90 Å². The fraction of sp³-hybridized carbons (Fsp3) is 0.400. The Morgan fingerprint density at radius 2 is 1.82 bits per heavy atom. The summed E-state index contributed by atoms with van der Waals surface area (Å²) in [5.74, 6) is 0.0736. The van der Waals surface area contributed by atoms with Gasteiger partial charge in [-0.3, -0.25) is 0 Å². The summed E-state index contributed by atoms with van der Waals surface area (Å²) in [6, 6.07) is 9.34. The van der Waals surface area contributed by atoms with Crippen LogP contribution in [0.25, 0.3) is 0 Å². The minimum atomic E-state index is -3.25. The molecule has 5 nitrogen and oxygen atoms in total. The third-order valence-corrected chi connectivity index (χ3v) is 6.57. The lowest BCUT2D eigenvalue weighted by Gasteiger charge is -2.33. The van der Waals surface area contributed by atoms with Crippen molar-refractivity contribution in [1.82, 2.24) is 9.29 Å². The van der Waals surface area contributed by atoms with Crippen LogP contribution in [-0.4, -0.2) is 43.9 Å². The molecule has 0 saturated carbocycles. The molecule has 0 bridgehead atoms. The summed E-state index contributed by atoms with van der Waals surface area (Å²) in [4.78, 5) is 6.62. The van der Waals surface area contributed by atoms with E-state index in [4.69, 9.17) is 0 Å². The second-order valence-corrected chi connectivity index (χ2v) is 8.20. The highest BCUT2D eigenvalue weighted by Crippen LogP contribution is 2.22. The van der Waals surface area contributed by atoms with E-state index >= 15 is 0 Å². The zero-order chi connectivity index (χ0) is 15.6. The molecule has 0 atom stereocenters. The van der Waals surface area contributed by atoms with E-state index in [1.165, 1.54) is 0 Å². The summed E-state index contributed by atoms with van der Waals surface area (Å²) in [7, 11) is -3.25. The van der Waals surface area contributed by atoms with Gasteiger partial charge in [0.05, 0.1) is 11.4 Å². The monoisotopic (exact) mass is 337 g/mol. The predicted octanol–water partition coefficient (Wildman–Crippen LogP) is 2.10. The highest BCUT2D eigenvalue weighted by molar-refractivity contribution is 7.88. The van der Waals surface area contributed by atoms with Crippen LogP contribution < -0.4 is 4.90 Å². The zero-order valence-electron chi connectivity index (χ0n) is 12.5. The summed E-state index contributed by atoms with van der Waals surface area (Å²) >= 11 is 1.61. The Kier molecular flexibility index (Phi) is 4.46. The van der Waals surface area contributed by atoms with Gasteiger partial charge in [-0.05, 0) is 12.5 Å². The Hall–Kier alpha value is -1.44. The Morgan fingerprint density at radius 3 is 2.41 bits per heavy atom. The summed E-state index contributed by atoms with van der Waals surface area (Å²) < 4.78 is 26.6. The third kappa shape index (κ3) is 3.48. The minimum absolute atomic E-state index is 0.0736. The number of piperazine rings is 1. The first-order chi connectivity index (χ1) is 10.5. The Labute approximate surface area is 135 Å². The molecule has 3 rings (SSSR count). The van der Waals surface area contributed by atoms with E-state index in [2.05, 4.69) is 9.88 Å². The van der Waals surface area contributed by atoms with Gasteiger partial charge in [0.15, 0.2) is 5.13 Å². The van der Waals surface area contributed by atoms with Crippen molar-refractivity contribution in [2.75, 3.05) is 31.1 Å². The maximum atomic E-state index is 12.5. The van der Waals surface area contributed by atoms with Crippen LogP contribution in [0.1, 0.15) is 11.3 Å². The molecular formula is C15H19N3O2S2.